The highest BCUT2D eigenvalue weighted by Gasteiger charge is 2.08. The average Bonchev–Trinajstić information content (AvgIpc) is 2.51. The molecule has 0 aromatic heterocycles. The van der Waals surface area contributed by atoms with Gasteiger partial charge in [0.05, 0.1) is 0 Å². The zero-order chi connectivity index (χ0) is 15.2. The topological polar surface area (TPSA) is 12.0 Å². The van der Waals surface area contributed by atoms with Crippen molar-refractivity contribution in [2.45, 2.75) is 46.6 Å². The highest BCUT2D eigenvalue weighted by molar-refractivity contribution is 5.65. The van der Waals surface area contributed by atoms with Crippen LogP contribution in [-0.2, 0) is 0 Å². The molecule has 112 valence electrons. The van der Waals surface area contributed by atoms with Crippen LogP contribution in [0.4, 0.5) is 0 Å². The molecule has 1 heteroatoms. The molecule has 0 aliphatic heterocycles. The lowest BCUT2D eigenvalue weighted by molar-refractivity contribution is 0.518. The summed E-state index contributed by atoms with van der Waals surface area (Å²) in [6, 6.07) is 16.2. The number of benzene rings is 2. The first-order valence-corrected chi connectivity index (χ1v) is 8.06. The van der Waals surface area contributed by atoms with Crippen LogP contribution < -0.4 is 5.32 Å². The molecule has 2 aromatic carbocycles. The number of aryl methyl sites for hydroxylation is 2. The predicted octanol–water partition coefficient (Wildman–Crippen LogP) is 5.42. The number of rotatable bonds is 6. The molecule has 1 atom stereocenters. The smallest absolute Gasteiger partial charge is 0.0317 e. The first kappa shape index (κ1) is 15.8. The summed E-state index contributed by atoms with van der Waals surface area (Å²) in [5, 5.41) is 3.61. The van der Waals surface area contributed by atoms with Crippen LogP contribution in [0.3, 0.4) is 0 Å². The Morgan fingerprint density at radius 2 is 1.52 bits per heavy atom. The Morgan fingerprint density at radius 1 is 0.857 bits per heavy atom. The van der Waals surface area contributed by atoms with Crippen LogP contribution in [0.5, 0.6) is 0 Å². The highest BCUT2D eigenvalue weighted by atomic mass is 14.9. The van der Waals surface area contributed by atoms with Crippen LogP contribution in [0.15, 0.2) is 42.5 Å². The van der Waals surface area contributed by atoms with Gasteiger partial charge in [0.1, 0.15) is 0 Å². The monoisotopic (exact) mass is 281 g/mol. The highest BCUT2D eigenvalue weighted by Crippen LogP contribution is 2.25. The van der Waals surface area contributed by atoms with Crippen molar-refractivity contribution in [3.8, 4) is 11.1 Å². The van der Waals surface area contributed by atoms with Crippen molar-refractivity contribution >= 4 is 0 Å². The predicted molar refractivity (Wildman–Crippen MR) is 92.7 cm³/mol. The van der Waals surface area contributed by atoms with Crippen LogP contribution in [-0.4, -0.2) is 6.54 Å². The summed E-state index contributed by atoms with van der Waals surface area (Å²) in [7, 11) is 0. The molecule has 2 aromatic rings. The summed E-state index contributed by atoms with van der Waals surface area (Å²) in [5.41, 5.74) is 6.70. The molecule has 21 heavy (non-hydrogen) atoms. The molecule has 1 unspecified atom stereocenters. The van der Waals surface area contributed by atoms with Gasteiger partial charge in [-0.2, -0.15) is 0 Å². The van der Waals surface area contributed by atoms with Crippen molar-refractivity contribution in [3.63, 3.8) is 0 Å². The zero-order valence-electron chi connectivity index (χ0n) is 13.7. The Kier molecular flexibility index (Phi) is 5.58. The van der Waals surface area contributed by atoms with Gasteiger partial charge < -0.3 is 5.32 Å². The van der Waals surface area contributed by atoms with Crippen molar-refractivity contribution < 1.29 is 0 Å². The third-order valence-electron chi connectivity index (χ3n) is 4.20. The Hall–Kier alpha value is -1.60. The summed E-state index contributed by atoms with van der Waals surface area (Å²) >= 11 is 0. The number of nitrogens with one attached hydrogen (secondary N) is 1. The van der Waals surface area contributed by atoms with Gasteiger partial charge in [-0.1, -0.05) is 56.3 Å². The van der Waals surface area contributed by atoms with Crippen LogP contribution in [0, 0.1) is 13.8 Å². The first-order valence-electron chi connectivity index (χ1n) is 8.06. The molecular weight excluding hydrogens is 254 g/mol. The Morgan fingerprint density at radius 3 is 2.10 bits per heavy atom. The van der Waals surface area contributed by atoms with Gasteiger partial charge in [-0.25, -0.2) is 0 Å². The molecule has 0 saturated heterocycles. The summed E-state index contributed by atoms with van der Waals surface area (Å²) in [4.78, 5) is 0. The van der Waals surface area contributed by atoms with Crippen molar-refractivity contribution in [2.75, 3.05) is 6.54 Å². The van der Waals surface area contributed by atoms with E-state index in [0.29, 0.717) is 6.04 Å². The maximum Gasteiger partial charge on any atom is 0.0317 e. The molecule has 0 heterocycles. The molecular formula is C20H27N. The minimum Gasteiger partial charge on any atom is -0.310 e. The second-order valence-corrected chi connectivity index (χ2v) is 5.84. The number of hydrogen-bond donors (Lipinski definition) is 1. The number of hydrogen-bond acceptors (Lipinski definition) is 1. The van der Waals surface area contributed by atoms with E-state index in [1.165, 1.54) is 34.2 Å². The van der Waals surface area contributed by atoms with Crippen molar-refractivity contribution in [1.29, 1.82) is 0 Å². The van der Waals surface area contributed by atoms with E-state index in [1.807, 2.05) is 0 Å². The largest absolute Gasteiger partial charge is 0.310 e. The second-order valence-electron chi connectivity index (χ2n) is 5.84. The van der Waals surface area contributed by atoms with Gasteiger partial charge in [-0.15, -0.1) is 0 Å². The van der Waals surface area contributed by atoms with E-state index in [0.717, 1.165) is 13.0 Å². The lowest BCUT2D eigenvalue weighted by atomic mass is 9.97. The van der Waals surface area contributed by atoms with Crippen molar-refractivity contribution in [2.24, 2.45) is 0 Å². The average molecular weight is 281 g/mol. The molecule has 0 saturated carbocycles. The Labute approximate surface area is 129 Å². The first-order chi connectivity index (χ1) is 10.2. The van der Waals surface area contributed by atoms with E-state index < -0.39 is 0 Å². The quantitative estimate of drug-likeness (QED) is 0.745. The molecule has 0 aliphatic rings. The van der Waals surface area contributed by atoms with Crippen molar-refractivity contribution in [3.05, 3.63) is 59.2 Å². The standard InChI is InChI=1S/C20H27N/c1-5-13-21-20(6-2)18-11-9-17(10-12-18)19-8-7-15(3)16(4)14-19/h7-12,14,20-21H,5-6,13H2,1-4H3. The van der Waals surface area contributed by atoms with Gasteiger partial charge >= 0.3 is 0 Å². The fourth-order valence-electron chi connectivity index (χ4n) is 2.65. The second kappa shape index (κ2) is 7.42. The van der Waals surface area contributed by atoms with Crippen LogP contribution >= 0.6 is 0 Å². The maximum absolute atomic E-state index is 3.61. The van der Waals surface area contributed by atoms with E-state index >= 15 is 0 Å². The molecule has 0 fully saturated rings. The SMILES string of the molecule is CCCNC(CC)c1ccc(-c2ccc(C)c(C)c2)cc1. The van der Waals surface area contributed by atoms with Gasteiger partial charge in [0, 0.05) is 6.04 Å². The summed E-state index contributed by atoms with van der Waals surface area (Å²) in [6.07, 6.45) is 2.31. The normalized spacial score (nSPS) is 12.4. The van der Waals surface area contributed by atoms with Crippen molar-refractivity contribution in [1.82, 2.24) is 5.32 Å². The van der Waals surface area contributed by atoms with E-state index in [-0.39, 0.29) is 0 Å². The molecule has 0 radical (unpaired) electrons. The maximum atomic E-state index is 3.61. The van der Waals surface area contributed by atoms with Gasteiger partial charge in [-0.3, -0.25) is 0 Å². The third kappa shape index (κ3) is 3.95. The molecule has 0 amide bonds. The molecule has 0 bridgehead atoms. The minimum atomic E-state index is 0.471. The van der Waals surface area contributed by atoms with E-state index in [1.54, 1.807) is 0 Å². The van der Waals surface area contributed by atoms with E-state index in [9.17, 15) is 0 Å². The van der Waals surface area contributed by atoms with Crippen LogP contribution in [0.1, 0.15) is 49.4 Å². The fourth-order valence-corrected chi connectivity index (χ4v) is 2.65. The fraction of sp³-hybridized carbons (Fsp3) is 0.400. The van der Waals surface area contributed by atoms with Gasteiger partial charge in [0.15, 0.2) is 0 Å². The Bertz CT molecular complexity index is 569. The van der Waals surface area contributed by atoms with Crippen LogP contribution in [0.2, 0.25) is 0 Å². The lowest BCUT2D eigenvalue weighted by Gasteiger charge is -2.17. The summed E-state index contributed by atoms with van der Waals surface area (Å²) in [6.45, 7) is 9.87. The summed E-state index contributed by atoms with van der Waals surface area (Å²) in [5.74, 6) is 0. The third-order valence-corrected chi connectivity index (χ3v) is 4.20. The zero-order valence-corrected chi connectivity index (χ0v) is 13.7. The van der Waals surface area contributed by atoms with E-state index in [4.69, 9.17) is 0 Å². The van der Waals surface area contributed by atoms with Gasteiger partial charge in [-0.05, 0) is 61.1 Å². The van der Waals surface area contributed by atoms with Gasteiger partial charge in [0.25, 0.3) is 0 Å². The van der Waals surface area contributed by atoms with E-state index in [2.05, 4.69) is 75.5 Å². The Balaban J connectivity index is 2.19. The minimum absolute atomic E-state index is 0.471. The molecule has 1 nitrogen and oxygen atoms in total. The van der Waals surface area contributed by atoms with Crippen LogP contribution in [0.25, 0.3) is 11.1 Å². The summed E-state index contributed by atoms with van der Waals surface area (Å²) < 4.78 is 0. The molecule has 1 N–H and O–H groups in total. The lowest BCUT2D eigenvalue weighted by Crippen LogP contribution is -2.21. The molecule has 2 rings (SSSR count). The van der Waals surface area contributed by atoms with Gasteiger partial charge in [0.2, 0.25) is 0 Å². The molecule has 0 aliphatic carbocycles. The molecule has 0 spiro atoms.